The van der Waals surface area contributed by atoms with Crippen molar-refractivity contribution in [2.75, 3.05) is 10.6 Å². The second kappa shape index (κ2) is 6.68. The minimum atomic E-state index is -0.466. The van der Waals surface area contributed by atoms with Gasteiger partial charge in [-0.2, -0.15) is 0 Å². The monoisotopic (exact) mass is 337 g/mol. The number of benzene rings is 2. The highest BCUT2D eigenvalue weighted by molar-refractivity contribution is 6.05. The number of halogens is 1. The molecule has 0 aliphatic carbocycles. The lowest BCUT2D eigenvalue weighted by molar-refractivity contribution is 0.101. The maximum absolute atomic E-state index is 13.9. The molecule has 1 aromatic heterocycles. The van der Waals surface area contributed by atoms with Crippen molar-refractivity contribution >= 4 is 34.1 Å². The molecule has 0 saturated carbocycles. The number of carbonyl (C=O) groups is 2. The van der Waals surface area contributed by atoms with Crippen LogP contribution < -0.4 is 10.6 Å². The van der Waals surface area contributed by atoms with Crippen LogP contribution in [0.2, 0.25) is 0 Å². The van der Waals surface area contributed by atoms with E-state index in [2.05, 4.69) is 15.6 Å². The van der Waals surface area contributed by atoms with Crippen molar-refractivity contribution < 1.29 is 14.0 Å². The Labute approximate surface area is 143 Å². The second-order valence-electron chi connectivity index (χ2n) is 5.66. The van der Waals surface area contributed by atoms with Crippen LogP contribution in [0.15, 0.2) is 48.5 Å². The molecule has 6 heteroatoms. The summed E-state index contributed by atoms with van der Waals surface area (Å²) in [7, 11) is 0. The van der Waals surface area contributed by atoms with Gasteiger partial charge >= 0.3 is 6.03 Å². The largest absolute Gasteiger partial charge is 0.323 e. The van der Waals surface area contributed by atoms with Gasteiger partial charge in [0.25, 0.3) is 0 Å². The van der Waals surface area contributed by atoms with Gasteiger partial charge < -0.3 is 10.6 Å². The number of nitrogens with zero attached hydrogens (tertiary/aromatic N) is 1. The van der Waals surface area contributed by atoms with Crippen molar-refractivity contribution in [2.24, 2.45) is 0 Å². The minimum absolute atomic E-state index is 0.0447. The molecule has 2 N–H and O–H groups in total. The van der Waals surface area contributed by atoms with E-state index in [0.717, 1.165) is 0 Å². The van der Waals surface area contributed by atoms with Crippen LogP contribution in [0, 0.1) is 12.7 Å². The Hall–Kier alpha value is -3.28. The molecule has 25 heavy (non-hydrogen) atoms. The molecule has 0 spiro atoms. The number of fused-ring (bicyclic) bond motifs is 1. The average molecular weight is 337 g/mol. The summed E-state index contributed by atoms with van der Waals surface area (Å²) < 4.78 is 13.9. The number of Topliss-reactive ketones (excluding diaryl/α,β-unsaturated/α-hetero) is 1. The van der Waals surface area contributed by atoms with Crippen molar-refractivity contribution in [1.82, 2.24) is 4.98 Å². The maximum atomic E-state index is 13.9. The van der Waals surface area contributed by atoms with Crippen LogP contribution >= 0.6 is 0 Å². The smallest absolute Gasteiger partial charge is 0.308 e. The number of rotatable bonds is 3. The second-order valence-corrected chi connectivity index (χ2v) is 5.66. The lowest BCUT2D eigenvalue weighted by Gasteiger charge is -2.11. The summed E-state index contributed by atoms with van der Waals surface area (Å²) in [6.45, 7) is 3.21. The van der Waals surface area contributed by atoms with Crippen molar-refractivity contribution in [2.45, 2.75) is 13.8 Å². The van der Waals surface area contributed by atoms with Crippen LogP contribution in [-0.2, 0) is 0 Å². The molecule has 1 heterocycles. The summed E-state index contributed by atoms with van der Waals surface area (Å²) in [5, 5.41) is 5.92. The summed E-state index contributed by atoms with van der Waals surface area (Å²) in [5.74, 6) is -0.485. The fourth-order valence-corrected chi connectivity index (χ4v) is 2.52. The van der Waals surface area contributed by atoms with Crippen molar-refractivity contribution in [3.05, 3.63) is 65.6 Å². The summed E-state index contributed by atoms with van der Waals surface area (Å²) in [6, 6.07) is 12.4. The molecule has 0 bridgehead atoms. The standard InChI is InChI=1S/C19H16FN3O2/c1-11-10-17(15-4-3-5-16(20)18(15)21-11)23-19(25)22-14-8-6-13(7-9-14)12(2)24/h3-10H,1-2H3,(H2,21,22,23,25). The lowest BCUT2D eigenvalue weighted by Crippen LogP contribution is -2.19. The topological polar surface area (TPSA) is 71.1 Å². The van der Waals surface area contributed by atoms with Gasteiger partial charge in [0.15, 0.2) is 5.78 Å². The Morgan fingerprint density at radius 1 is 1.04 bits per heavy atom. The molecule has 0 aliphatic heterocycles. The zero-order valence-electron chi connectivity index (χ0n) is 13.8. The number of aromatic nitrogens is 1. The molecule has 126 valence electrons. The Balaban J connectivity index is 1.82. The molecule has 0 unspecified atom stereocenters. The van der Waals surface area contributed by atoms with Crippen molar-refractivity contribution in [3.63, 3.8) is 0 Å². The van der Waals surface area contributed by atoms with Gasteiger partial charge in [-0.15, -0.1) is 0 Å². The van der Waals surface area contributed by atoms with E-state index in [9.17, 15) is 14.0 Å². The van der Waals surface area contributed by atoms with Gasteiger partial charge in [0.05, 0.1) is 5.69 Å². The summed E-state index contributed by atoms with van der Waals surface area (Å²) in [5.41, 5.74) is 2.39. The van der Waals surface area contributed by atoms with E-state index in [0.29, 0.717) is 28.0 Å². The van der Waals surface area contributed by atoms with Crippen LogP contribution in [0.25, 0.3) is 10.9 Å². The molecule has 0 aliphatic rings. The molecule has 0 radical (unpaired) electrons. The molecule has 2 aromatic carbocycles. The lowest BCUT2D eigenvalue weighted by atomic mass is 10.1. The Kier molecular flexibility index (Phi) is 4.43. The number of amides is 2. The van der Waals surface area contributed by atoms with Crippen molar-refractivity contribution in [1.29, 1.82) is 0 Å². The third kappa shape index (κ3) is 3.63. The number of aryl methyl sites for hydroxylation is 1. The highest BCUT2D eigenvalue weighted by atomic mass is 19.1. The van der Waals surface area contributed by atoms with Gasteiger partial charge in [0.2, 0.25) is 0 Å². The first-order chi connectivity index (χ1) is 11.9. The van der Waals surface area contributed by atoms with E-state index < -0.39 is 11.8 Å². The molecule has 3 rings (SSSR count). The van der Waals surface area contributed by atoms with Gasteiger partial charge in [-0.05, 0) is 50.2 Å². The molecule has 0 fully saturated rings. The number of hydrogen-bond donors (Lipinski definition) is 2. The number of hydrogen-bond acceptors (Lipinski definition) is 3. The Bertz CT molecular complexity index is 968. The minimum Gasteiger partial charge on any atom is -0.308 e. The molecular weight excluding hydrogens is 321 g/mol. The quantitative estimate of drug-likeness (QED) is 0.690. The van der Waals surface area contributed by atoms with E-state index in [1.54, 1.807) is 49.4 Å². The van der Waals surface area contributed by atoms with Crippen molar-refractivity contribution in [3.8, 4) is 0 Å². The van der Waals surface area contributed by atoms with Crippen LogP contribution in [0.1, 0.15) is 23.0 Å². The van der Waals surface area contributed by atoms with Crippen LogP contribution in [0.5, 0.6) is 0 Å². The van der Waals surface area contributed by atoms with E-state index in [4.69, 9.17) is 0 Å². The molecule has 5 nitrogen and oxygen atoms in total. The first-order valence-corrected chi connectivity index (χ1v) is 7.69. The zero-order chi connectivity index (χ0) is 18.0. The predicted molar refractivity (Wildman–Crippen MR) is 95.5 cm³/mol. The van der Waals surface area contributed by atoms with Gasteiger partial charge in [-0.1, -0.05) is 12.1 Å². The van der Waals surface area contributed by atoms with E-state index in [-0.39, 0.29) is 11.3 Å². The van der Waals surface area contributed by atoms with E-state index in [1.807, 2.05) is 0 Å². The first-order valence-electron chi connectivity index (χ1n) is 7.69. The maximum Gasteiger partial charge on any atom is 0.323 e. The number of carbonyl (C=O) groups excluding carboxylic acids is 2. The number of ketones is 1. The fourth-order valence-electron chi connectivity index (χ4n) is 2.52. The number of pyridine rings is 1. The van der Waals surface area contributed by atoms with Crippen LogP contribution in [0.4, 0.5) is 20.6 Å². The van der Waals surface area contributed by atoms with Gasteiger partial charge in [-0.3, -0.25) is 4.79 Å². The van der Waals surface area contributed by atoms with E-state index in [1.165, 1.54) is 13.0 Å². The zero-order valence-corrected chi connectivity index (χ0v) is 13.8. The highest BCUT2D eigenvalue weighted by Crippen LogP contribution is 2.25. The molecule has 0 saturated heterocycles. The third-order valence-electron chi connectivity index (χ3n) is 3.72. The number of para-hydroxylation sites is 1. The highest BCUT2D eigenvalue weighted by Gasteiger charge is 2.11. The molecule has 2 amide bonds. The predicted octanol–water partition coefficient (Wildman–Crippen LogP) is 4.53. The molecule has 0 atom stereocenters. The van der Waals surface area contributed by atoms with Gasteiger partial charge in [0.1, 0.15) is 11.3 Å². The molecule has 3 aromatic rings. The third-order valence-corrected chi connectivity index (χ3v) is 3.72. The molecular formula is C19H16FN3O2. The van der Waals surface area contributed by atoms with Gasteiger partial charge in [0, 0.05) is 22.3 Å². The Morgan fingerprint density at radius 3 is 2.44 bits per heavy atom. The van der Waals surface area contributed by atoms with Crippen LogP contribution in [0.3, 0.4) is 0 Å². The van der Waals surface area contributed by atoms with Gasteiger partial charge in [-0.25, -0.2) is 14.2 Å². The number of nitrogens with one attached hydrogen (secondary N) is 2. The summed E-state index contributed by atoms with van der Waals surface area (Å²) >= 11 is 0. The van der Waals surface area contributed by atoms with E-state index >= 15 is 0 Å². The normalized spacial score (nSPS) is 10.5. The van der Waals surface area contributed by atoms with Crippen LogP contribution in [-0.4, -0.2) is 16.8 Å². The fraction of sp³-hybridized carbons (Fsp3) is 0.105. The Morgan fingerprint density at radius 2 is 1.76 bits per heavy atom. The first kappa shape index (κ1) is 16.6. The number of anilines is 2. The average Bonchev–Trinajstić information content (AvgIpc) is 2.56. The summed E-state index contributed by atoms with van der Waals surface area (Å²) in [6.07, 6.45) is 0. The SMILES string of the molecule is CC(=O)c1ccc(NC(=O)Nc2cc(C)nc3c(F)cccc23)cc1. The summed E-state index contributed by atoms with van der Waals surface area (Å²) in [4.78, 5) is 27.7. The number of urea groups is 1.